The number of carbonyl (C=O) groups excluding carboxylic acids is 1. The van der Waals surface area contributed by atoms with E-state index >= 15 is 0 Å². The standard InChI is InChI=1S/C19H24FN5O4/c1-4-6-7-8-11(3)17(27)29-19(5-2)12(26)9-13(28-19)25-10-22-14-15(21)23-18(20)24-16(14)25/h2,10-13,26H,4,6-9H2,1,3H3,(H2,21,23,24)/t11?,12-,13+,19+/m0/s1. The number of ether oxygens (including phenoxy) is 2. The lowest BCUT2D eigenvalue weighted by molar-refractivity contribution is -0.229. The number of hydrogen-bond donors (Lipinski definition) is 2. The van der Waals surface area contributed by atoms with E-state index in [1.807, 2.05) is 0 Å². The molecule has 3 N–H and O–H groups in total. The Morgan fingerprint density at radius 3 is 3.03 bits per heavy atom. The molecule has 1 saturated heterocycles. The second kappa shape index (κ2) is 8.31. The van der Waals surface area contributed by atoms with Gasteiger partial charge < -0.3 is 20.3 Å². The number of rotatable bonds is 7. The van der Waals surface area contributed by atoms with E-state index in [0.717, 1.165) is 19.3 Å². The molecule has 4 atom stereocenters. The maximum Gasteiger partial charge on any atom is 0.312 e. The monoisotopic (exact) mass is 405 g/mol. The van der Waals surface area contributed by atoms with Crippen LogP contribution in [0.4, 0.5) is 10.2 Å². The first-order chi connectivity index (χ1) is 13.8. The first kappa shape index (κ1) is 21.0. The summed E-state index contributed by atoms with van der Waals surface area (Å²) in [6.07, 6.45) is 7.26. The van der Waals surface area contributed by atoms with Crippen LogP contribution in [-0.2, 0) is 14.3 Å². The summed E-state index contributed by atoms with van der Waals surface area (Å²) in [5, 5.41) is 10.5. The number of terminal acetylenes is 1. The Morgan fingerprint density at radius 2 is 2.34 bits per heavy atom. The van der Waals surface area contributed by atoms with Crippen LogP contribution in [0.2, 0.25) is 0 Å². The molecule has 1 unspecified atom stereocenters. The van der Waals surface area contributed by atoms with Gasteiger partial charge in [-0.2, -0.15) is 14.4 Å². The summed E-state index contributed by atoms with van der Waals surface area (Å²) >= 11 is 0. The fourth-order valence-electron chi connectivity index (χ4n) is 3.29. The highest BCUT2D eigenvalue weighted by Gasteiger charge is 2.52. The van der Waals surface area contributed by atoms with Crippen molar-refractivity contribution in [3.8, 4) is 12.3 Å². The quantitative estimate of drug-likeness (QED) is 0.310. The molecule has 1 fully saturated rings. The maximum absolute atomic E-state index is 13.6. The molecule has 0 saturated carbocycles. The zero-order valence-corrected chi connectivity index (χ0v) is 16.3. The van der Waals surface area contributed by atoms with Crippen LogP contribution in [0.25, 0.3) is 11.2 Å². The van der Waals surface area contributed by atoms with Crippen LogP contribution in [0.3, 0.4) is 0 Å². The van der Waals surface area contributed by atoms with Crippen LogP contribution in [0.15, 0.2) is 6.33 Å². The normalized spacial score (nSPS) is 25.1. The van der Waals surface area contributed by atoms with E-state index in [9.17, 15) is 14.3 Å². The molecule has 0 spiro atoms. The number of esters is 1. The van der Waals surface area contributed by atoms with E-state index in [0.29, 0.717) is 6.42 Å². The summed E-state index contributed by atoms with van der Waals surface area (Å²) in [6, 6.07) is 0. The Balaban J connectivity index is 1.80. The van der Waals surface area contributed by atoms with Crippen molar-refractivity contribution in [1.82, 2.24) is 19.5 Å². The van der Waals surface area contributed by atoms with Crippen molar-refractivity contribution in [1.29, 1.82) is 0 Å². The minimum Gasteiger partial charge on any atom is -0.418 e. The van der Waals surface area contributed by atoms with Gasteiger partial charge in [-0.1, -0.05) is 33.1 Å². The second-order valence-electron chi connectivity index (χ2n) is 7.16. The molecule has 156 valence electrons. The summed E-state index contributed by atoms with van der Waals surface area (Å²) in [6.45, 7) is 3.82. The molecular formula is C19H24FN5O4. The van der Waals surface area contributed by atoms with Crippen LogP contribution in [0.5, 0.6) is 0 Å². The van der Waals surface area contributed by atoms with Gasteiger partial charge in [-0.25, -0.2) is 4.98 Å². The van der Waals surface area contributed by atoms with E-state index in [4.69, 9.17) is 21.6 Å². The molecule has 0 amide bonds. The number of unbranched alkanes of at least 4 members (excludes halogenated alkanes) is 2. The fourth-order valence-corrected chi connectivity index (χ4v) is 3.29. The zero-order valence-electron chi connectivity index (χ0n) is 16.3. The third-order valence-electron chi connectivity index (χ3n) is 5.00. The lowest BCUT2D eigenvalue weighted by Gasteiger charge is -2.27. The number of nitrogen functional groups attached to an aromatic ring is 1. The van der Waals surface area contributed by atoms with Crippen LogP contribution in [-0.4, -0.2) is 42.5 Å². The lowest BCUT2D eigenvalue weighted by Crippen LogP contribution is -2.43. The van der Waals surface area contributed by atoms with Crippen molar-refractivity contribution in [3.63, 3.8) is 0 Å². The first-order valence-corrected chi connectivity index (χ1v) is 9.53. The molecule has 3 rings (SSSR count). The molecule has 2 aromatic rings. The minimum absolute atomic E-state index is 0.0152. The van der Waals surface area contributed by atoms with Gasteiger partial charge in [0.2, 0.25) is 0 Å². The first-order valence-electron chi connectivity index (χ1n) is 9.53. The Hall–Kier alpha value is -2.77. The number of aliphatic hydroxyl groups excluding tert-OH is 1. The molecule has 0 aromatic carbocycles. The van der Waals surface area contributed by atoms with Crippen LogP contribution in [0, 0.1) is 24.3 Å². The SMILES string of the molecule is C#C[C@]1(OC(=O)C(C)CCCCC)O[C@@H](n2cnc3c(N)nc(F)nc32)C[C@@H]1O. The van der Waals surface area contributed by atoms with Crippen LogP contribution >= 0.6 is 0 Å². The van der Waals surface area contributed by atoms with E-state index < -0.39 is 36.1 Å². The molecule has 10 heteroatoms. The van der Waals surface area contributed by atoms with Gasteiger partial charge in [0.15, 0.2) is 17.0 Å². The average molecular weight is 405 g/mol. The summed E-state index contributed by atoms with van der Waals surface area (Å²) in [5.74, 6) is -0.753. The highest BCUT2D eigenvalue weighted by Crippen LogP contribution is 2.39. The number of anilines is 1. The molecule has 2 aromatic heterocycles. The van der Waals surface area contributed by atoms with Crippen LogP contribution < -0.4 is 5.73 Å². The zero-order chi connectivity index (χ0) is 21.2. The number of carbonyl (C=O) groups is 1. The molecule has 1 aliphatic heterocycles. The average Bonchev–Trinajstić information content (AvgIpc) is 3.23. The van der Waals surface area contributed by atoms with Gasteiger partial charge in [-0.15, -0.1) is 6.42 Å². The van der Waals surface area contributed by atoms with Crippen molar-refractivity contribution in [2.75, 3.05) is 5.73 Å². The summed E-state index contributed by atoms with van der Waals surface area (Å²) in [7, 11) is 0. The maximum atomic E-state index is 13.6. The molecule has 1 aliphatic rings. The number of fused-ring (bicyclic) bond motifs is 1. The smallest absolute Gasteiger partial charge is 0.312 e. The molecule has 0 radical (unpaired) electrons. The molecular weight excluding hydrogens is 381 g/mol. The second-order valence-corrected chi connectivity index (χ2v) is 7.16. The molecule has 3 heterocycles. The fraction of sp³-hybridized carbons (Fsp3) is 0.579. The van der Waals surface area contributed by atoms with Gasteiger partial charge in [0.05, 0.1) is 12.2 Å². The van der Waals surface area contributed by atoms with Gasteiger partial charge in [0, 0.05) is 6.42 Å². The molecule has 29 heavy (non-hydrogen) atoms. The predicted octanol–water partition coefficient (Wildman–Crippen LogP) is 1.92. The van der Waals surface area contributed by atoms with E-state index in [1.165, 1.54) is 10.9 Å². The van der Waals surface area contributed by atoms with Crippen LogP contribution in [0.1, 0.15) is 52.2 Å². The van der Waals surface area contributed by atoms with Crippen molar-refractivity contribution < 1.29 is 23.8 Å². The lowest BCUT2D eigenvalue weighted by atomic mass is 10.0. The van der Waals surface area contributed by atoms with Gasteiger partial charge >= 0.3 is 17.8 Å². The highest BCUT2D eigenvalue weighted by atomic mass is 19.1. The largest absolute Gasteiger partial charge is 0.418 e. The van der Waals surface area contributed by atoms with Crippen molar-refractivity contribution in [3.05, 3.63) is 12.4 Å². The number of hydrogen-bond acceptors (Lipinski definition) is 8. The topological polar surface area (TPSA) is 125 Å². The third-order valence-corrected chi connectivity index (χ3v) is 5.00. The molecule has 0 bridgehead atoms. The van der Waals surface area contributed by atoms with Crippen molar-refractivity contribution in [2.45, 2.75) is 64.1 Å². The Bertz CT molecular complexity index is 943. The Kier molecular flexibility index (Phi) is 6.00. The summed E-state index contributed by atoms with van der Waals surface area (Å²) in [4.78, 5) is 23.7. The van der Waals surface area contributed by atoms with Gasteiger partial charge in [-0.3, -0.25) is 9.36 Å². The number of aliphatic hydroxyl groups is 1. The number of halogens is 1. The number of aromatic nitrogens is 4. The van der Waals surface area contributed by atoms with Crippen molar-refractivity contribution in [2.24, 2.45) is 5.92 Å². The number of imidazole rings is 1. The van der Waals surface area contributed by atoms with E-state index in [1.54, 1.807) is 6.92 Å². The minimum atomic E-state index is -1.95. The number of nitrogens with zero attached hydrogens (tertiary/aromatic N) is 4. The van der Waals surface area contributed by atoms with Gasteiger partial charge in [-0.05, 0) is 12.3 Å². The third kappa shape index (κ3) is 4.02. The molecule has 9 nitrogen and oxygen atoms in total. The highest BCUT2D eigenvalue weighted by molar-refractivity contribution is 5.81. The Morgan fingerprint density at radius 1 is 1.59 bits per heavy atom. The van der Waals surface area contributed by atoms with Gasteiger partial charge in [0.1, 0.15) is 12.3 Å². The molecule has 0 aliphatic carbocycles. The van der Waals surface area contributed by atoms with E-state index in [-0.39, 0.29) is 23.4 Å². The summed E-state index contributed by atoms with van der Waals surface area (Å²) < 4.78 is 26.1. The number of nitrogens with two attached hydrogens (primary N) is 1. The predicted molar refractivity (Wildman–Crippen MR) is 101 cm³/mol. The summed E-state index contributed by atoms with van der Waals surface area (Å²) in [5.41, 5.74) is 5.93. The van der Waals surface area contributed by atoms with Gasteiger partial charge in [0.25, 0.3) is 0 Å². The Labute approximate surface area is 167 Å². The van der Waals surface area contributed by atoms with Crippen molar-refractivity contribution >= 4 is 23.0 Å². The van der Waals surface area contributed by atoms with E-state index in [2.05, 4.69) is 27.8 Å².